The molecule has 23 heavy (non-hydrogen) atoms. The summed E-state index contributed by atoms with van der Waals surface area (Å²) < 4.78 is 4.25. The zero-order valence-corrected chi connectivity index (χ0v) is 15.6. The number of unbranched alkanes of at least 4 members (excludes halogenated alkanes) is 8. The lowest BCUT2D eigenvalue weighted by Crippen LogP contribution is -1.93. The van der Waals surface area contributed by atoms with Gasteiger partial charge in [0.1, 0.15) is 0 Å². The highest BCUT2D eigenvalue weighted by molar-refractivity contribution is 5.66. The monoisotopic (exact) mass is 326 g/mol. The Kier molecular flexibility index (Phi) is 24.4. The predicted octanol–water partition coefficient (Wildman–Crippen LogP) is 6.15. The third-order valence-corrected chi connectivity index (χ3v) is 3.34. The third-order valence-electron chi connectivity index (χ3n) is 3.34. The number of ether oxygens (including phenoxy) is 1. The van der Waals surface area contributed by atoms with E-state index in [1.54, 1.807) is 14.2 Å². The third kappa shape index (κ3) is 29.5. The SMILES string of the molecule is CCCCC/C=C\C/C=C\CCCCCCCC(=O)O.COC. The Hall–Kier alpha value is -1.09. The lowest BCUT2D eigenvalue weighted by atomic mass is 10.1. The van der Waals surface area contributed by atoms with Gasteiger partial charge in [0.2, 0.25) is 0 Å². The minimum atomic E-state index is -0.671. The smallest absolute Gasteiger partial charge is 0.303 e. The van der Waals surface area contributed by atoms with Gasteiger partial charge in [0, 0.05) is 20.6 Å². The van der Waals surface area contributed by atoms with E-state index < -0.39 is 5.97 Å². The van der Waals surface area contributed by atoms with E-state index in [1.165, 1.54) is 44.9 Å². The van der Waals surface area contributed by atoms with Crippen molar-refractivity contribution >= 4 is 5.97 Å². The van der Waals surface area contributed by atoms with Crippen LogP contribution in [0.2, 0.25) is 0 Å². The van der Waals surface area contributed by atoms with Crippen molar-refractivity contribution in [1.82, 2.24) is 0 Å². The minimum absolute atomic E-state index is 0.324. The highest BCUT2D eigenvalue weighted by atomic mass is 16.4. The second-order valence-corrected chi connectivity index (χ2v) is 5.78. The molecule has 0 amide bonds. The molecule has 0 aliphatic heterocycles. The molecule has 0 radical (unpaired) electrons. The van der Waals surface area contributed by atoms with Crippen LogP contribution in [0.1, 0.15) is 84.0 Å². The second-order valence-electron chi connectivity index (χ2n) is 5.78. The largest absolute Gasteiger partial charge is 0.481 e. The Bertz CT molecular complexity index is 283. The van der Waals surface area contributed by atoms with Gasteiger partial charge in [-0.05, 0) is 38.5 Å². The maximum Gasteiger partial charge on any atom is 0.303 e. The lowest BCUT2D eigenvalue weighted by molar-refractivity contribution is -0.137. The molecule has 1 N–H and O–H groups in total. The summed E-state index contributed by atoms with van der Waals surface area (Å²) in [5, 5.41) is 8.50. The Labute approximate surface area is 143 Å². The Morgan fingerprint density at radius 3 is 1.83 bits per heavy atom. The van der Waals surface area contributed by atoms with Crippen LogP contribution in [0.5, 0.6) is 0 Å². The zero-order chi connectivity index (χ0) is 17.6. The quantitative estimate of drug-likeness (QED) is 0.308. The summed E-state index contributed by atoms with van der Waals surface area (Å²) in [6.45, 7) is 2.23. The molecule has 136 valence electrons. The van der Waals surface area contributed by atoms with Crippen molar-refractivity contribution in [3.63, 3.8) is 0 Å². The van der Waals surface area contributed by atoms with Crippen LogP contribution in [0.4, 0.5) is 0 Å². The highest BCUT2D eigenvalue weighted by Crippen LogP contribution is 2.08. The predicted molar refractivity (Wildman–Crippen MR) is 99.9 cm³/mol. The van der Waals surface area contributed by atoms with Gasteiger partial charge in [-0.3, -0.25) is 4.79 Å². The summed E-state index contributed by atoms with van der Waals surface area (Å²) in [5.41, 5.74) is 0. The van der Waals surface area contributed by atoms with Gasteiger partial charge in [-0.25, -0.2) is 0 Å². The van der Waals surface area contributed by atoms with Crippen LogP contribution in [0.25, 0.3) is 0 Å². The van der Waals surface area contributed by atoms with Crippen LogP contribution < -0.4 is 0 Å². The zero-order valence-electron chi connectivity index (χ0n) is 15.6. The van der Waals surface area contributed by atoms with Gasteiger partial charge in [-0.2, -0.15) is 0 Å². The number of carboxylic acid groups (broad SMARTS) is 1. The fourth-order valence-corrected chi connectivity index (χ4v) is 2.09. The Balaban J connectivity index is 0. The van der Waals surface area contributed by atoms with E-state index in [0.29, 0.717) is 6.42 Å². The molecule has 0 atom stereocenters. The van der Waals surface area contributed by atoms with Gasteiger partial charge in [-0.15, -0.1) is 0 Å². The number of methoxy groups -OCH3 is 1. The molecule has 0 heterocycles. The summed E-state index contributed by atoms with van der Waals surface area (Å²) >= 11 is 0. The van der Waals surface area contributed by atoms with Crippen LogP contribution in [-0.4, -0.2) is 25.3 Å². The lowest BCUT2D eigenvalue weighted by Gasteiger charge is -1.98. The molecule has 3 heteroatoms. The van der Waals surface area contributed by atoms with E-state index in [1.807, 2.05) is 0 Å². The molecule has 0 rings (SSSR count). The van der Waals surface area contributed by atoms with Gasteiger partial charge in [0.15, 0.2) is 0 Å². The number of aliphatic carboxylic acids is 1. The summed E-state index contributed by atoms with van der Waals surface area (Å²) in [4.78, 5) is 10.3. The normalized spacial score (nSPS) is 10.9. The number of rotatable bonds is 14. The van der Waals surface area contributed by atoms with Crippen molar-refractivity contribution < 1.29 is 14.6 Å². The average Bonchev–Trinajstić information content (AvgIpc) is 2.51. The standard InChI is InChI=1S/C18H32O2.C2H6O/c1-2-3-4-5-6-7-8-9-10-11-12-13-14-15-16-17-18(19)20;1-3-2/h6-7,9-10H,2-5,8,11-17H2,1H3,(H,19,20);1-2H3/b7-6-,10-9-;. The van der Waals surface area contributed by atoms with Crippen LogP contribution in [0, 0.1) is 0 Å². The van der Waals surface area contributed by atoms with Crippen molar-refractivity contribution in [2.75, 3.05) is 14.2 Å². The number of allylic oxidation sites excluding steroid dienone is 4. The number of hydrogen-bond donors (Lipinski definition) is 1. The van der Waals surface area contributed by atoms with E-state index in [4.69, 9.17) is 5.11 Å². The van der Waals surface area contributed by atoms with E-state index in [2.05, 4.69) is 36.0 Å². The first kappa shape index (κ1) is 24.2. The maximum absolute atomic E-state index is 10.3. The fourth-order valence-electron chi connectivity index (χ4n) is 2.09. The molecule has 0 fully saturated rings. The molecule has 0 unspecified atom stereocenters. The Morgan fingerprint density at radius 2 is 1.30 bits per heavy atom. The number of carboxylic acids is 1. The molecule has 0 aromatic heterocycles. The molecule has 0 aliphatic rings. The maximum atomic E-state index is 10.3. The molecule has 0 aromatic rings. The van der Waals surface area contributed by atoms with E-state index in [-0.39, 0.29) is 0 Å². The van der Waals surface area contributed by atoms with Crippen LogP contribution in [0.15, 0.2) is 24.3 Å². The van der Waals surface area contributed by atoms with Gasteiger partial charge in [0.25, 0.3) is 0 Å². The first-order valence-electron chi connectivity index (χ1n) is 9.10. The van der Waals surface area contributed by atoms with E-state index in [9.17, 15) is 4.79 Å². The van der Waals surface area contributed by atoms with Crippen molar-refractivity contribution in [1.29, 1.82) is 0 Å². The summed E-state index contributed by atoms with van der Waals surface area (Å²) in [6, 6.07) is 0. The Morgan fingerprint density at radius 1 is 0.826 bits per heavy atom. The first-order chi connectivity index (χ1) is 11.2. The van der Waals surface area contributed by atoms with Gasteiger partial charge in [0.05, 0.1) is 0 Å². The first-order valence-corrected chi connectivity index (χ1v) is 9.10. The van der Waals surface area contributed by atoms with Gasteiger partial charge >= 0.3 is 5.97 Å². The van der Waals surface area contributed by atoms with Gasteiger partial charge in [-0.1, -0.05) is 63.3 Å². The molecule has 3 nitrogen and oxygen atoms in total. The van der Waals surface area contributed by atoms with Crippen molar-refractivity contribution in [3.8, 4) is 0 Å². The summed E-state index contributed by atoms with van der Waals surface area (Å²) in [6.07, 6.45) is 22.3. The van der Waals surface area contributed by atoms with Gasteiger partial charge < -0.3 is 9.84 Å². The fraction of sp³-hybridized carbons (Fsp3) is 0.750. The minimum Gasteiger partial charge on any atom is -0.481 e. The summed E-state index contributed by atoms with van der Waals surface area (Å²) in [7, 11) is 3.25. The van der Waals surface area contributed by atoms with Crippen LogP contribution in [0.3, 0.4) is 0 Å². The molecule has 0 saturated heterocycles. The number of hydrogen-bond acceptors (Lipinski definition) is 2. The number of carbonyl (C=O) groups is 1. The molecular weight excluding hydrogens is 288 g/mol. The molecule has 0 bridgehead atoms. The second kappa shape index (κ2) is 23.2. The average molecular weight is 327 g/mol. The molecule has 0 spiro atoms. The van der Waals surface area contributed by atoms with Crippen LogP contribution in [-0.2, 0) is 9.53 Å². The molecule has 0 aromatic carbocycles. The van der Waals surface area contributed by atoms with Crippen molar-refractivity contribution in [2.45, 2.75) is 84.0 Å². The highest BCUT2D eigenvalue weighted by Gasteiger charge is 1.95. The summed E-state index contributed by atoms with van der Waals surface area (Å²) in [5.74, 6) is -0.671. The van der Waals surface area contributed by atoms with Crippen molar-refractivity contribution in [2.24, 2.45) is 0 Å². The molecule has 0 saturated carbocycles. The van der Waals surface area contributed by atoms with E-state index in [0.717, 1.165) is 25.7 Å². The van der Waals surface area contributed by atoms with Crippen molar-refractivity contribution in [3.05, 3.63) is 24.3 Å². The topological polar surface area (TPSA) is 46.5 Å². The molecular formula is C20H38O3. The molecule has 0 aliphatic carbocycles. The van der Waals surface area contributed by atoms with E-state index >= 15 is 0 Å². The van der Waals surface area contributed by atoms with Crippen LogP contribution >= 0.6 is 0 Å².